The Bertz CT molecular complexity index is 290. The third kappa shape index (κ3) is 2.47. The minimum absolute atomic E-state index is 0.172. The second-order valence-electron chi connectivity index (χ2n) is 2.14. The molecule has 5 heteroatoms. The molecule has 0 aromatic carbocycles. The lowest BCUT2D eigenvalue weighted by Crippen LogP contribution is -2.04. The summed E-state index contributed by atoms with van der Waals surface area (Å²) in [5.74, 6) is -0.320. The number of rotatable bonds is 2. The van der Waals surface area contributed by atoms with Gasteiger partial charge in [0.25, 0.3) is 0 Å². The predicted octanol–water partition coefficient (Wildman–Crippen LogP) is 0.845. The van der Waals surface area contributed by atoms with Gasteiger partial charge in [-0.3, -0.25) is 4.79 Å². The number of ether oxygens (including phenoxy) is 1. The van der Waals surface area contributed by atoms with Crippen LogP contribution in [0.4, 0.5) is 0 Å². The van der Waals surface area contributed by atoms with E-state index in [1.54, 1.807) is 6.07 Å². The summed E-state index contributed by atoms with van der Waals surface area (Å²) in [6.45, 7) is 0. The average molecular weight is 187 g/mol. The van der Waals surface area contributed by atoms with E-state index in [2.05, 4.69) is 14.9 Å². The molecule has 0 N–H and O–H groups in total. The minimum Gasteiger partial charge on any atom is -0.469 e. The van der Waals surface area contributed by atoms with Gasteiger partial charge in [0.05, 0.1) is 19.7 Å². The van der Waals surface area contributed by atoms with Gasteiger partial charge >= 0.3 is 5.97 Å². The van der Waals surface area contributed by atoms with Crippen LogP contribution in [0.25, 0.3) is 0 Å². The topological polar surface area (TPSA) is 52.1 Å². The summed E-state index contributed by atoms with van der Waals surface area (Å²) in [6, 6.07) is 1.57. The number of methoxy groups -OCH3 is 1. The Balaban J connectivity index is 2.69. The third-order valence-electron chi connectivity index (χ3n) is 1.26. The van der Waals surface area contributed by atoms with E-state index in [0.29, 0.717) is 5.56 Å². The second-order valence-corrected chi connectivity index (χ2v) is 2.53. The van der Waals surface area contributed by atoms with Crippen LogP contribution in [0, 0.1) is 0 Å². The van der Waals surface area contributed by atoms with Gasteiger partial charge in [0.1, 0.15) is 0 Å². The van der Waals surface area contributed by atoms with Crippen molar-refractivity contribution in [3.05, 3.63) is 23.0 Å². The zero-order valence-electron chi connectivity index (χ0n) is 6.45. The Morgan fingerprint density at radius 3 is 3.08 bits per heavy atom. The van der Waals surface area contributed by atoms with Crippen molar-refractivity contribution in [1.82, 2.24) is 10.2 Å². The number of carbonyl (C=O) groups excluding carboxylic acids is 1. The van der Waals surface area contributed by atoms with E-state index in [9.17, 15) is 4.79 Å². The Kier molecular flexibility index (Phi) is 2.99. The SMILES string of the molecule is COC(=O)Cc1cnnc(Cl)c1. The van der Waals surface area contributed by atoms with Crippen LogP contribution in [0.3, 0.4) is 0 Å². The molecule has 0 spiro atoms. The maximum absolute atomic E-state index is 10.8. The third-order valence-corrected chi connectivity index (χ3v) is 1.44. The van der Waals surface area contributed by atoms with Crippen LogP contribution >= 0.6 is 11.6 Å². The van der Waals surface area contributed by atoms with Crippen molar-refractivity contribution in [2.45, 2.75) is 6.42 Å². The number of aromatic nitrogens is 2. The monoisotopic (exact) mass is 186 g/mol. The van der Waals surface area contributed by atoms with Gasteiger partial charge in [-0.2, -0.15) is 5.10 Å². The first-order valence-electron chi connectivity index (χ1n) is 3.26. The Hall–Kier alpha value is -1.16. The van der Waals surface area contributed by atoms with E-state index < -0.39 is 0 Å². The molecule has 0 bridgehead atoms. The van der Waals surface area contributed by atoms with Crippen LogP contribution in [0.15, 0.2) is 12.3 Å². The van der Waals surface area contributed by atoms with Gasteiger partial charge in [0.15, 0.2) is 5.15 Å². The summed E-state index contributed by atoms with van der Waals surface area (Å²) in [4.78, 5) is 10.8. The second kappa shape index (κ2) is 4.01. The summed E-state index contributed by atoms with van der Waals surface area (Å²) < 4.78 is 4.46. The van der Waals surface area contributed by atoms with Crippen LogP contribution < -0.4 is 0 Å². The fourth-order valence-corrected chi connectivity index (χ4v) is 0.897. The fourth-order valence-electron chi connectivity index (χ4n) is 0.713. The molecule has 0 atom stereocenters. The molecular formula is C7H7ClN2O2. The lowest BCUT2D eigenvalue weighted by molar-refractivity contribution is -0.139. The fraction of sp³-hybridized carbons (Fsp3) is 0.286. The van der Waals surface area contributed by atoms with Crippen molar-refractivity contribution in [3.63, 3.8) is 0 Å². The highest BCUT2D eigenvalue weighted by Crippen LogP contribution is 2.05. The molecule has 12 heavy (non-hydrogen) atoms. The maximum atomic E-state index is 10.8. The molecule has 0 radical (unpaired) electrons. The molecule has 0 saturated heterocycles. The number of nitrogens with zero attached hydrogens (tertiary/aromatic N) is 2. The summed E-state index contributed by atoms with van der Waals surface area (Å²) in [7, 11) is 1.33. The highest BCUT2D eigenvalue weighted by atomic mass is 35.5. The molecule has 0 amide bonds. The molecule has 1 heterocycles. The number of hydrogen-bond donors (Lipinski definition) is 0. The average Bonchev–Trinajstić information content (AvgIpc) is 2.04. The number of esters is 1. The molecule has 0 saturated carbocycles. The number of carbonyl (C=O) groups is 1. The van der Waals surface area contributed by atoms with Crippen LogP contribution in [0.2, 0.25) is 5.15 Å². The highest BCUT2D eigenvalue weighted by molar-refractivity contribution is 6.29. The van der Waals surface area contributed by atoms with Crippen molar-refractivity contribution >= 4 is 17.6 Å². The highest BCUT2D eigenvalue weighted by Gasteiger charge is 2.03. The molecule has 1 rings (SSSR count). The smallest absolute Gasteiger partial charge is 0.310 e. The quantitative estimate of drug-likeness (QED) is 0.643. The van der Waals surface area contributed by atoms with Gasteiger partial charge in [-0.25, -0.2) is 0 Å². The Morgan fingerprint density at radius 1 is 1.75 bits per heavy atom. The molecule has 4 nitrogen and oxygen atoms in total. The van der Waals surface area contributed by atoms with Crippen molar-refractivity contribution in [3.8, 4) is 0 Å². The molecule has 0 aliphatic rings. The lowest BCUT2D eigenvalue weighted by Gasteiger charge is -1.97. The van der Waals surface area contributed by atoms with E-state index in [0.717, 1.165) is 0 Å². The van der Waals surface area contributed by atoms with Gasteiger partial charge in [-0.1, -0.05) is 11.6 Å². The van der Waals surface area contributed by atoms with Crippen LogP contribution in [-0.2, 0) is 16.0 Å². The van der Waals surface area contributed by atoms with Gasteiger partial charge in [-0.15, -0.1) is 5.10 Å². The Labute approximate surface area is 74.5 Å². The van der Waals surface area contributed by atoms with Gasteiger partial charge in [-0.05, 0) is 11.6 Å². The van der Waals surface area contributed by atoms with Gasteiger partial charge in [0, 0.05) is 0 Å². The summed E-state index contributed by atoms with van der Waals surface area (Å²) >= 11 is 5.55. The first kappa shape index (κ1) is 8.93. The van der Waals surface area contributed by atoms with Crippen molar-refractivity contribution < 1.29 is 9.53 Å². The summed E-state index contributed by atoms with van der Waals surface area (Å²) in [6.07, 6.45) is 1.65. The first-order valence-corrected chi connectivity index (χ1v) is 3.64. The number of hydrogen-bond acceptors (Lipinski definition) is 4. The van der Waals surface area contributed by atoms with Crippen molar-refractivity contribution in [2.75, 3.05) is 7.11 Å². The van der Waals surface area contributed by atoms with E-state index in [-0.39, 0.29) is 17.5 Å². The van der Waals surface area contributed by atoms with Crippen LogP contribution in [0.1, 0.15) is 5.56 Å². The lowest BCUT2D eigenvalue weighted by atomic mass is 10.2. The van der Waals surface area contributed by atoms with Crippen LogP contribution in [-0.4, -0.2) is 23.3 Å². The van der Waals surface area contributed by atoms with Crippen molar-refractivity contribution in [1.29, 1.82) is 0 Å². The summed E-state index contributed by atoms with van der Waals surface area (Å²) in [5.41, 5.74) is 0.696. The zero-order chi connectivity index (χ0) is 8.97. The molecule has 1 aromatic heterocycles. The predicted molar refractivity (Wildman–Crippen MR) is 42.8 cm³/mol. The molecule has 0 aliphatic heterocycles. The maximum Gasteiger partial charge on any atom is 0.310 e. The standard InChI is InChI=1S/C7H7ClN2O2/c1-12-7(11)3-5-2-6(8)10-9-4-5/h2,4H,3H2,1H3. The minimum atomic E-state index is -0.320. The van der Waals surface area contributed by atoms with Gasteiger partial charge in [0.2, 0.25) is 0 Å². The molecule has 1 aromatic rings. The van der Waals surface area contributed by atoms with Crippen molar-refractivity contribution in [2.24, 2.45) is 0 Å². The van der Waals surface area contributed by atoms with Crippen LogP contribution in [0.5, 0.6) is 0 Å². The van der Waals surface area contributed by atoms with Gasteiger partial charge < -0.3 is 4.74 Å². The van der Waals surface area contributed by atoms with E-state index in [1.165, 1.54) is 13.3 Å². The number of halogens is 1. The molecule has 0 aliphatic carbocycles. The summed E-state index contributed by atoms with van der Waals surface area (Å²) in [5, 5.41) is 7.39. The molecular weight excluding hydrogens is 180 g/mol. The van der Waals surface area contributed by atoms with E-state index >= 15 is 0 Å². The Morgan fingerprint density at radius 2 is 2.50 bits per heavy atom. The molecule has 64 valence electrons. The van der Waals surface area contributed by atoms with E-state index in [4.69, 9.17) is 11.6 Å². The zero-order valence-corrected chi connectivity index (χ0v) is 7.21. The molecule has 0 fully saturated rings. The normalized spacial score (nSPS) is 9.50. The first-order chi connectivity index (χ1) is 5.72. The molecule has 0 unspecified atom stereocenters. The largest absolute Gasteiger partial charge is 0.469 e. The van der Waals surface area contributed by atoms with E-state index in [1.807, 2.05) is 0 Å².